The van der Waals surface area contributed by atoms with Crippen LogP contribution >= 0.6 is 11.3 Å². The van der Waals surface area contributed by atoms with E-state index in [1.807, 2.05) is 32.9 Å². The predicted octanol–water partition coefficient (Wildman–Crippen LogP) is 6.58. The van der Waals surface area contributed by atoms with Crippen LogP contribution < -0.4 is 10.1 Å². The third kappa shape index (κ3) is 6.09. The highest BCUT2D eigenvalue weighted by molar-refractivity contribution is 7.17. The number of ether oxygens (including phenoxy) is 1. The van der Waals surface area contributed by atoms with Gasteiger partial charge < -0.3 is 4.74 Å². The lowest BCUT2D eigenvalue weighted by Crippen LogP contribution is -2.31. The maximum absolute atomic E-state index is 13.1. The fourth-order valence-electron chi connectivity index (χ4n) is 3.03. The number of hydrogen-bond acceptors (Lipinski definition) is 5. The summed E-state index contributed by atoms with van der Waals surface area (Å²) in [6.07, 6.45) is -4.80. The monoisotopic (exact) mass is 470 g/mol. The van der Waals surface area contributed by atoms with Crippen LogP contribution in [0.5, 0.6) is 5.75 Å². The molecule has 0 fully saturated rings. The molecule has 1 aromatic heterocycles. The molecule has 5 nitrogen and oxygen atoms in total. The Bertz CT molecular complexity index is 993. The maximum atomic E-state index is 13.1. The number of thiazole rings is 1. The summed E-state index contributed by atoms with van der Waals surface area (Å²) in [5.41, 5.74) is 0.556. The number of rotatable bonds is 7. The Morgan fingerprint density at radius 1 is 1.19 bits per heavy atom. The normalized spacial score (nSPS) is 14.1. The molecule has 1 heterocycles. The van der Waals surface area contributed by atoms with E-state index < -0.39 is 34.5 Å². The number of carbonyl (C=O) groups excluding carboxylic acids is 2. The van der Waals surface area contributed by atoms with Crippen molar-refractivity contribution < 1.29 is 27.5 Å². The highest BCUT2D eigenvalue weighted by atomic mass is 32.1. The third-order valence-corrected chi connectivity index (χ3v) is 6.18. The Labute approximate surface area is 190 Å². The van der Waals surface area contributed by atoms with Gasteiger partial charge in [0, 0.05) is 6.92 Å². The molecule has 2 rings (SSSR count). The Hall–Kier alpha value is -2.42. The fraction of sp³-hybridized carbons (Fsp3) is 0.522. The minimum atomic E-state index is -4.79. The van der Waals surface area contributed by atoms with Crippen molar-refractivity contribution in [3.05, 3.63) is 39.9 Å². The molecule has 0 aliphatic carbocycles. The van der Waals surface area contributed by atoms with Crippen molar-refractivity contribution in [1.29, 1.82) is 0 Å². The average Bonchev–Trinajstić information content (AvgIpc) is 3.11. The summed E-state index contributed by atoms with van der Waals surface area (Å²) in [4.78, 5) is 27.0. The van der Waals surface area contributed by atoms with E-state index in [0.29, 0.717) is 23.0 Å². The van der Waals surface area contributed by atoms with Crippen molar-refractivity contribution in [3.63, 3.8) is 0 Å². The number of carbonyl (C=O) groups is 2. The number of nitrogens with zero attached hydrogens (tertiary/aromatic N) is 1. The number of aromatic nitrogens is 1. The van der Waals surface area contributed by atoms with Gasteiger partial charge in [-0.25, -0.2) is 4.98 Å². The molecule has 32 heavy (non-hydrogen) atoms. The van der Waals surface area contributed by atoms with E-state index in [1.165, 1.54) is 12.5 Å². The number of anilines is 1. The Morgan fingerprint density at radius 2 is 1.81 bits per heavy atom. The highest BCUT2D eigenvalue weighted by Crippen LogP contribution is 2.37. The molecule has 1 aromatic carbocycles. The molecule has 1 N–H and O–H groups in total. The summed E-state index contributed by atoms with van der Waals surface area (Å²) in [6.45, 7) is 12.9. The van der Waals surface area contributed by atoms with Crippen molar-refractivity contribution in [3.8, 4) is 5.75 Å². The van der Waals surface area contributed by atoms with E-state index >= 15 is 0 Å². The number of Topliss-reactive ketones (excluding diaryl/α,β-unsaturated/α-hetero) is 1. The molecule has 1 amide bonds. The molecule has 0 bridgehead atoms. The maximum Gasteiger partial charge on any atom is 0.435 e. The minimum Gasteiger partial charge on any atom is -0.481 e. The third-order valence-electron chi connectivity index (χ3n) is 5.11. The van der Waals surface area contributed by atoms with Gasteiger partial charge in [-0.15, -0.1) is 0 Å². The topological polar surface area (TPSA) is 68.3 Å². The van der Waals surface area contributed by atoms with Crippen LogP contribution in [0, 0.1) is 0 Å². The highest BCUT2D eigenvalue weighted by Gasteiger charge is 2.39. The van der Waals surface area contributed by atoms with Gasteiger partial charge in [0.1, 0.15) is 10.6 Å². The Balaban J connectivity index is 2.26. The van der Waals surface area contributed by atoms with E-state index in [-0.39, 0.29) is 10.5 Å². The van der Waals surface area contributed by atoms with E-state index in [1.54, 1.807) is 0 Å². The predicted molar refractivity (Wildman–Crippen MR) is 120 cm³/mol. The zero-order valence-electron chi connectivity index (χ0n) is 19.3. The number of alkyl halides is 3. The minimum absolute atomic E-state index is 0.248. The second kappa shape index (κ2) is 9.60. The lowest BCUT2D eigenvalue weighted by Gasteiger charge is -2.26. The summed E-state index contributed by atoms with van der Waals surface area (Å²) in [5.74, 6) is -0.523. The lowest BCUT2D eigenvalue weighted by molar-refractivity contribution is -0.141. The van der Waals surface area contributed by atoms with Crippen molar-refractivity contribution in [2.75, 3.05) is 5.32 Å². The molecule has 2 unspecified atom stereocenters. The summed E-state index contributed by atoms with van der Waals surface area (Å²) in [6, 6.07) is 5.85. The molecule has 0 saturated heterocycles. The number of ketones is 1. The molecule has 0 aliphatic heterocycles. The molecule has 0 aliphatic rings. The van der Waals surface area contributed by atoms with Crippen molar-refractivity contribution in [2.45, 2.75) is 78.5 Å². The first-order valence-electron chi connectivity index (χ1n) is 10.4. The first kappa shape index (κ1) is 25.8. The Kier molecular flexibility index (Phi) is 7.75. The number of hydrogen-bond donors (Lipinski definition) is 1. The Morgan fingerprint density at radius 3 is 2.28 bits per heavy atom. The number of halogens is 3. The van der Waals surface area contributed by atoms with Crippen LogP contribution in [0.3, 0.4) is 0 Å². The van der Waals surface area contributed by atoms with Crippen LogP contribution in [0.4, 0.5) is 18.3 Å². The quantitative estimate of drug-likeness (QED) is 0.464. The van der Waals surface area contributed by atoms with Crippen molar-refractivity contribution >= 4 is 28.2 Å². The number of nitrogens with one attached hydrogen (secondary N) is 1. The summed E-state index contributed by atoms with van der Waals surface area (Å²) in [5, 5.41) is 2.04. The molecular weight excluding hydrogens is 441 g/mol. The van der Waals surface area contributed by atoms with Crippen molar-refractivity contribution in [1.82, 2.24) is 4.98 Å². The molecule has 0 saturated carbocycles. The zero-order chi connectivity index (χ0) is 24.4. The molecule has 2 aromatic rings. The van der Waals surface area contributed by atoms with Gasteiger partial charge >= 0.3 is 6.18 Å². The van der Waals surface area contributed by atoms with Gasteiger partial charge in [0.25, 0.3) is 5.91 Å². The first-order chi connectivity index (χ1) is 14.6. The van der Waals surface area contributed by atoms with Gasteiger partial charge in [-0.1, -0.05) is 58.1 Å². The summed E-state index contributed by atoms with van der Waals surface area (Å²) < 4.78 is 45.3. The van der Waals surface area contributed by atoms with Gasteiger partial charge in [0.2, 0.25) is 0 Å². The van der Waals surface area contributed by atoms with Gasteiger partial charge in [-0.3, -0.25) is 14.9 Å². The lowest BCUT2D eigenvalue weighted by atomic mass is 9.83. The van der Waals surface area contributed by atoms with Gasteiger partial charge in [-0.05, 0) is 41.9 Å². The molecule has 176 valence electrons. The molecular formula is C23H29F3N2O3S. The zero-order valence-corrected chi connectivity index (χ0v) is 20.1. The van der Waals surface area contributed by atoms with E-state index in [9.17, 15) is 22.8 Å². The first-order valence-corrected chi connectivity index (χ1v) is 11.2. The second-order valence-corrected chi connectivity index (χ2v) is 9.81. The van der Waals surface area contributed by atoms with Crippen LogP contribution in [0.2, 0.25) is 0 Å². The van der Waals surface area contributed by atoms with Crippen LogP contribution in [0.1, 0.15) is 87.3 Å². The largest absolute Gasteiger partial charge is 0.481 e. The van der Waals surface area contributed by atoms with E-state index in [2.05, 4.69) is 30.2 Å². The van der Waals surface area contributed by atoms with Gasteiger partial charge in [0.15, 0.2) is 22.7 Å². The summed E-state index contributed by atoms with van der Waals surface area (Å²) >= 11 is 0.493. The van der Waals surface area contributed by atoms with Gasteiger partial charge in [-0.2, -0.15) is 13.2 Å². The van der Waals surface area contributed by atoms with Crippen molar-refractivity contribution in [2.24, 2.45) is 0 Å². The molecule has 0 radical (unpaired) electrons. The molecule has 9 heteroatoms. The molecule has 0 spiro atoms. The van der Waals surface area contributed by atoms with E-state index in [4.69, 9.17) is 4.74 Å². The second-order valence-electron chi connectivity index (χ2n) is 8.81. The van der Waals surface area contributed by atoms with Crippen LogP contribution in [0.25, 0.3) is 0 Å². The standard InChI is InChI=1S/C23H29F3N2O3S/c1-8-12(2)15-9-10-17(16(11-15)22(5,6)7)31-14(4)20(30)28-21-27-19(23(24,25)26)18(32-21)13(3)29/h9-12,14H,8H2,1-7H3,(H,27,28,30). The van der Waals surface area contributed by atoms with Crippen LogP contribution in [-0.2, 0) is 16.4 Å². The molecule has 2 atom stereocenters. The van der Waals surface area contributed by atoms with Gasteiger partial charge in [0.05, 0.1) is 0 Å². The number of benzene rings is 1. The van der Waals surface area contributed by atoms with Crippen LogP contribution in [0.15, 0.2) is 18.2 Å². The average molecular weight is 471 g/mol. The fourth-order valence-corrected chi connectivity index (χ4v) is 3.92. The SMILES string of the molecule is CCC(C)c1ccc(OC(C)C(=O)Nc2nc(C(F)(F)F)c(C(C)=O)s2)c(C(C)(C)C)c1. The smallest absolute Gasteiger partial charge is 0.435 e. The summed E-state index contributed by atoms with van der Waals surface area (Å²) in [7, 11) is 0. The number of amides is 1. The van der Waals surface area contributed by atoms with E-state index in [0.717, 1.165) is 18.9 Å². The van der Waals surface area contributed by atoms with Crippen LogP contribution in [-0.4, -0.2) is 22.8 Å².